The number of ether oxygens (including phenoxy) is 2. The maximum atomic E-state index is 13.1. The molecule has 0 bridgehead atoms. The average molecular weight is 534 g/mol. The largest absolute Gasteiger partial charge is 0.492 e. The van der Waals surface area contributed by atoms with Gasteiger partial charge in [-0.25, -0.2) is 13.4 Å². The van der Waals surface area contributed by atoms with E-state index in [2.05, 4.69) is 4.98 Å². The molecule has 0 unspecified atom stereocenters. The quantitative estimate of drug-likeness (QED) is 0.359. The molecule has 7 nitrogen and oxygen atoms in total. The molecule has 3 aromatic rings. The normalized spacial score (nSPS) is 13.5. The topological polar surface area (TPSA) is 90.7 Å². The lowest BCUT2D eigenvalue weighted by molar-refractivity contribution is 0.0925. The first-order valence-corrected chi connectivity index (χ1v) is 12.8. The molecule has 0 spiro atoms. The van der Waals surface area contributed by atoms with Gasteiger partial charge >= 0.3 is 0 Å². The van der Waals surface area contributed by atoms with Gasteiger partial charge in [0, 0.05) is 24.2 Å². The third-order valence-corrected chi connectivity index (χ3v) is 7.49. The molecule has 33 heavy (non-hydrogen) atoms. The predicted octanol–water partition coefficient (Wildman–Crippen LogP) is 4.72. The summed E-state index contributed by atoms with van der Waals surface area (Å²) in [6, 6.07) is 8.41. The molecule has 0 fully saturated rings. The molecule has 0 saturated carbocycles. The first-order valence-electron chi connectivity index (χ1n) is 10.00. The summed E-state index contributed by atoms with van der Waals surface area (Å²) in [5.41, 5.74) is 0. The highest BCUT2D eigenvalue weighted by Crippen LogP contribution is 2.33. The number of imidazole rings is 1. The van der Waals surface area contributed by atoms with Gasteiger partial charge in [-0.3, -0.25) is 0 Å². The highest BCUT2D eigenvalue weighted by Gasteiger charge is 2.21. The number of alkyl halides is 1. The molecular weight excluding hydrogens is 511 g/mol. The Morgan fingerprint density at radius 2 is 1.61 bits per heavy atom. The average Bonchev–Trinajstić information content (AvgIpc) is 3.30. The molecule has 0 aliphatic heterocycles. The van der Waals surface area contributed by atoms with Crippen molar-refractivity contribution in [3.05, 3.63) is 65.2 Å². The Bertz CT molecular complexity index is 1170. The van der Waals surface area contributed by atoms with E-state index in [1.54, 1.807) is 23.3 Å². The van der Waals surface area contributed by atoms with Gasteiger partial charge in [-0.2, -0.15) is 0 Å². The molecule has 178 valence electrons. The highest BCUT2D eigenvalue weighted by molar-refractivity contribution is 7.91. The van der Waals surface area contributed by atoms with Crippen molar-refractivity contribution >= 4 is 44.6 Å². The third-order valence-electron chi connectivity index (χ3n) is 4.63. The molecule has 3 rings (SSSR count). The van der Waals surface area contributed by atoms with Gasteiger partial charge in [-0.15, -0.1) is 11.6 Å². The van der Waals surface area contributed by atoms with Crippen molar-refractivity contribution in [3.8, 4) is 11.5 Å². The maximum absolute atomic E-state index is 13.1. The van der Waals surface area contributed by atoms with E-state index in [0.29, 0.717) is 24.8 Å². The Balaban J connectivity index is 1.69. The minimum atomic E-state index is -3.88. The molecule has 2 aromatic carbocycles. The van der Waals surface area contributed by atoms with E-state index in [9.17, 15) is 13.5 Å². The molecular formula is C22H23Cl3N2O5S. The monoisotopic (exact) mass is 532 g/mol. The number of rotatable bonds is 11. The summed E-state index contributed by atoms with van der Waals surface area (Å²) >= 11 is 18.2. The Morgan fingerprint density at radius 3 is 2.09 bits per heavy atom. The van der Waals surface area contributed by atoms with Crippen LogP contribution in [0.1, 0.15) is 6.92 Å². The van der Waals surface area contributed by atoms with Crippen molar-refractivity contribution in [2.24, 2.45) is 5.92 Å². The van der Waals surface area contributed by atoms with Crippen molar-refractivity contribution in [1.29, 1.82) is 0 Å². The molecule has 2 atom stereocenters. The van der Waals surface area contributed by atoms with Crippen LogP contribution in [0.25, 0.3) is 0 Å². The Kier molecular flexibility index (Phi) is 8.89. The number of aromatic nitrogens is 2. The van der Waals surface area contributed by atoms with Crippen LogP contribution in [0.5, 0.6) is 11.5 Å². The van der Waals surface area contributed by atoms with Gasteiger partial charge in [-0.1, -0.05) is 30.1 Å². The third kappa shape index (κ3) is 6.77. The van der Waals surface area contributed by atoms with Crippen LogP contribution >= 0.6 is 34.8 Å². The highest BCUT2D eigenvalue weighted by atomic mass is 35.5. The lowest BCUT2D eigenvalue weighted by Gasteiger charge is -2.15. The van der Waals surface area contributed by atoms with Gasteiger partial charge in [0.15, 0.2) is 0 Å². The number of halogens is 3. The Hall–Kier alpha value is -1.97. The Morgan fingerprint density at radius 1 is 1.03 bits per heavy atom. The molecule has 11 heteroatoms. The van der Waals surface area contributed by atoms with E-state index in [0.717, 1.165) is 0 Å². The molecule has 1 aromatic heterocycles. The van der Waals surface area contributed by atoms with E-state index >= 15 is 0 Å². The number of hydrogen-bond acceptors (Lipinski definition) is 6. The summed E-state index contributed by atoms with van der Waals surface area (Å²) in [5.74, 6) is 1.20. The summed E-state index contributed by atoms with van der Waals surface area (Å²) in [5, 5.41) is 10.4. The molecule has 0 saturated heterocycles. The molecule has 0 aliphatic carbocycles. The number of nitrogens with zero attached hydrogens (tertiary/aromatic N) is 2. The molecule has 0 aliphatic rings. The van der Waals surface area contributed by atoms with Crippen LogP contribution in [0.4, 0.5) is 0 Å². The number of aliphatic hydroxyl groups excluding tert-OH is 1. The first kappa shape index (κ1) is 25.6. The molecule has 1 heterocycles. The lowest BCUT2D eigenvalue weighted by Crippen LogP contribution is -2.23. The second-order valence-electron chi connectivity index (χ2n) is 7.48. The SMILES string of the molecule is C[C@H](CCl)COc1ccc(S(=O)(=O)c2ccc(OC[C@H](O)Cn3ccnc3)c(Cl)c2)cc1Cl. The van der Waals surface area contributed by atoms with Crippen molar-refractivity contribution < 1.29 is 23.0 Å². The molecule has 0 radical (unpaired) electrons. The first-order chi connectivity index (χ1) is 15.7. The number of aliphatic hydroxyl groups is 1. The summed E-state index contributed by atoms with van der Waals surface area (Å²) in [6.07, 6.45) is 4.12. The standard InChI is InChI=1S/C22H23Cl3N2O5S/c1-15(10-23)12-31-21-4-2-17(8-19(21)24)33(29,30)18-3-5-22(20(25)9-18)32-13-16(28)11-27-7-6-26-14-27/h2-9,14-16,28H,10-13H2,1H3/t15-,16-/m1/s1. The van der Waals surface area contributed by atoms with E-state index in [1.807, 2.05) is 6.92 Å². The predicted molar refractivity (Wildman–Crippen MR) is 127 cm³/mol. The second kappa shape index (κ2) is 11.4. The van der Waals surface area contributed by atoms with Crippen LogP contribution < -0.4 is 9.47 Å². The lowest BCUT2D eigenvalue weighted by atomic mass is 10.2. The number of hydrogen-bond donors (Lipinski definition) is 1. The van der Waals surface area contributed by atoms with Crippen molar-refractivity contribution in [2.45, 2.75) is 29.4 Å². The van der Waals surface area contributed by atoms with Gasteiger partial charge in [0.1, 0.15) is 24.2 Å². The summed E-state index contributed by atoms with van der Waals surface area (Å²) in [7, 11) is -3.88. The van der Waals surface area contributed by atoms with E-state index < -0.39 is 15.9 Å². The van der Waals surface area contributed by atoms with Gasteiger partial charge in [0.25, 0.3) is 0 Å². The van der Waals surface area contributed by atoms with E-state index in [-0.39, 0.29) is 38.1 Å². The van der Waals surface area contributed by atoms with Crippen LogP contribution in [0.15, 0.2) is 64.9 Å². The zero-order chi connectivity index (χ0) is 24.0. The van der Waals surface area contributed by atoms with Gasteiger partial charge in [-0.05, 0) is 36.4 Å². The van der Waals surface area contributed by atoms with E-state index in [1.165, 1.54) is 36.4 Å². The van der Waals surface area contributed by atoms with Gasteiger partial charge in [0.05, 0.1) is 39.3 Å². The minimum absolute atomic E-state index is 0.00531. The van der Waals surface area contributed by atoms with Crippen LogP contribution in [-0.4, -0.2) is 48.3 Å². The Labute approximate surface area is 207 Å². The van der Waals surface area contributed by atoms with Crippen molar-refractivity contribution in [2.75, 3.05) is 19.1 Å². The summed E-state index contributed by atoms with van der Waals surface area (Å²) in [6.45, 7) is 2.57. The minimum Gasteiger partial charge on any atom is -0.492 e. The fourth-order valence-electron chi connectivity index (χ4n) is 2.82. The molecule has 1 N–H and O–H groups in total. The van der Waals surface area contributed by atoms with E-state index in [4.69, 9.17) is 44.3 Å². The van der Waals surface area contributed by atoms with Gasteiger partial charge in [0.2, 0.25) is 9.84 Å². The summed E-state index contributed by atoms with van der Waals surface area (Å²) < 4.78 is 39.0. The number of sulfone groups is 1. The smallest absolute Gasteiger partial charge is 0.206 e. The fraction of sp³-hybridized carbons (Fsp3) is 0.318. The zero-order valence-corrected chi connectivity index (χ0v) is 20.8. The molecule has 0 amide bonds. The van der Waals surface area contributed by atoms with Crippen molar-refractivity contribution in [1.82, 2.24) is 9.55 Å². The summed E-state index contributed by atoms with van der Waals surface area (Å²) in [4.78, 5) is 3.90. The number of benzene rings is 2. The second-order valence-corrected chi connectivity index (χ2v) is 10.6. The van der Waals surface area contributed by atoms with Crippen LogP contribution in [0.2, 0.25) is 10.0 Å². The fourth-order valence-corrected chi connectivity index (χ4v) is 4.82. The van der Waals surface area contributed by atoms with Crippen LogP contribution in [0, 0.1) is 5.92 Å². The van der Waals surface area contributed by atoms with Gasteiger partial charge < -0.3 is 19.1 Å². The van der Waals surface area contributed by atoms with Crippen molar-refractivity contribution in [3.63, 3.8) is 0 Å². The maximum Gasteiger partial charge on any atom is 0.206 e. The van der Waals surface area contributed by atoms with Crippen LogP contribution in [0.3, 0.4) is 0 Å². The van der Waals surface area contributed by atoms with Crippen LogP contribution in [-0.2, 0) is 16.4 Å². The zero-order valence-electron chi connectivity index (χ0n) is 17.7.